The van der Waals surface area contributed by atoms with Crippen molar-refractivity contribution in [1.82, 2.24) is 4.72 Å². The molecule has 0 aliphatic heterocycles. The summed E-state index contributed by atoms with van der Waals surface area (Å²) in [5, 5.41) is 0. The first-order valence-electron chi connectivity index (χ1n) is 6.19. The van der Waals surface area contributed by atoms with Crippen molar-refractivity contribution < 1.29 is 22.4 Å². The van der Waals surface area contributed by atoms with Crippen LogP contribution < -0.4 is 4.72 Å². The van der Waals surface area contributed by atoms with Gasteiger partial charge in [0.05, 0.1) is 29.9 Å². The third-order valence-corrected chi connectivity index (χ3v) is 4.48. The molecule has 1 N–H and O–H groups in total. The number of rotatable bonds is 5. The van der Waals surface area contributed by atoms with Crippen LogP contribution in [0.2, 0.25) is 0 Å². The van der Waals surface area contributed by atoms with Crippen molar-refractivity contribution in [2.45, 2.75) is 17.9 Å². The van der Waals surface area contributed by atoms with E-state index in [1.807, 2.05) is 0 Å². The van der Waals surface area contributed by atoms with Gasteiger partial charge in [-0.15, -0.1) is 0 Å². The topological polar surface area (TPSA) is 85.6 Å². The van der Waals surface area contributed by atoms with Crippen LogP contribution in [-0.2, 0) is 14.8 Å². The molecule has 0 saturated carbocycles. The molecule has 2 aromatic rings. The van der Waals surface area contributed by atoms with Crippen molar-refractivity contribution >= 4 is 16.0 Å². The lowest BCUT2D eigenvalue weighted by Gasteiger charge is -2.14. The maximum atomic E-state index is 12.4. The fourth-order valence-electron chi connectivity index (χ4n) is 1.87. The van der Waals surface area contributed by atoms with Gasteiger partial charge in [-0.3, -0.25) is 0 Å². The summed E-state index contributed by atoms with van der Waals surface area (Å²) in [6.07, 6.45) is 1.46. The third kappa shape index (κ3) is 3.32. The predicted molar refractivity (Wildman–Crippen MR) is 75.2 cm³/mol. The molecule has 0 aliphatic rings. The van der Waals surface area contributed by atoms with E-state index in [4.69, 9.17) is 4.42 Å². The number of carbonyl (C=O) groups is 1. The summed E-state index contributed by atoms with van der Waals surface area (Å²) < 4.78 is 37.1. The van der Waals surface area contributed by atoms with Crippen LogP contribution in [0.3, 0.4) is 0 Å². The molecule has 0 amide bonds. The van der Waals surface area contributed by atoms with Gasteiger partial charge in [0.2, 0.25) is 10.0 Å². The lowest BCUT2D eigenvalue weighted by molar-refractivity contribution is 0.0596. The van der Waals surface area contributed by atoms with Gasteiger partial charge < -0.3 is 9.15 Å². The Bertz CT molecular complexity index is 722. The van der Waals surface area contributed by atoms with Crippen LogP contribution in [0.15, 0.2) is 52.0 Å². The number of benzene rings is 1. The van der Waals surface area contributed by atoms with E-state index >= 15 is 0 Å². The van der Waals surface area contributed by atoms with Crippen LogP contribution in [0.1, 0.15) is 29.1 Å². The van der Waals surface area contributed by atoms with Gasteiger partial charge in [0.1, 0.15) is 5.76 Å². The minimum Gasteiger partial charge on any atom is -0.468 e. The highest BCUT2D eigenvalue weighted by Gasteiger charge is 2.25. The van der Waals surface area contributed by atoms with Gasteiger partial charge in [-0.25, -0.2) is 17.9 Å². The fraction of sp³-hybridized carbons (Fsp3) is 0.214. The van der Waals surface area contributed by atoms with E-state index in [1.165, 1.54) is 25.5 Å². The van der Waals surface area contributed by atoms with Gasteiger partial charge in [-0.2, -0.15) is 0 Å². The van der Waals surface area contributed by atoms with E-state index in [0.29, 0.717) is 5.76 Å². The first-order chi connectivity index (χ1) is 9.95. The molecule has 112 valence electrons. The molecule has 2 rings (SSSR count). The van der Waals surface area contributed by atoms with Gasteiger partial charge in [0.25, 0.3) is 0 Å². The summed E-state index contributed by atoms with van der Waals surface area (Å²) >= 11 is 0. The molecule has 1 atom stereocenters. The van der Waals surface area contributed by atoms with Gasteiger partial charge in [-0.1, -0.05) is 12.1 Å². The normalized spacial score (nSPS) is 12.9. The van der Waals surface area contributed by atoms with Gasteiger partial charge >= 0.3 is 5.97 Å². The molecule has 0 fully saturated rings. The lowest BCUT2D eigenvalue weighted by atomic mass is 10.2. The van der Waals surface area contributed by atoms with E-state index < -0.39 is 22.0 Å². The van der Waals surface area contributed by atoms with Crippen LogP contribution in [-0.4, -0.2) is 21.5 Å². The van der Waals surface area contributed by atoms with E-state index in [0.717, 1.165) is 0 Å². The highest BCUT2D eigenvalue weighted by atomic mass is 32.2. The summed E-state index contributed by atoms with van der Waals surface area (Å²) in [6.45, 7) is 1.65. The lowest BCUT2D eigenvalue weighted by Crippen LogP contribution is -2.28. The second-order valence-electron chi connectivity index (χ2n) is 4.35. The molecule has 21 heavy (non-hydrogen) atoms. The summed E-state index contributed by atoms with van der Waals surface area (Å²) in [7, 11) is -2.68. The van der Waals surface area contributed by atoms with Crippen LogP contribution >= 0.6 is 0 Å². The van der Waals surface area contributed by atoms with Crippen molar-refractivity contribution in [1.29, 1.82) is 0 Å². The molecule has 6 nitrogen and oxygen atoms in total. The number of ether oxygens (including phenoxy) is 1. The highest BCUT2D eigenvalue weighted by molar-refractivity contribution is 7.89. The number of esters is 1. The summed E-state index contributed by atoms with van der Waals surface area (Å²) in [5.41, 5.74) is -0.0147. The van der Waals surface area contributed by atoms with Crippen molar-refractivity contribution in [3.8, 4) is 0 Å². The molecule has 0 saturated heterocycles. The Morgan fingerprint density at radius 3 is 2.57 bits per heavy atom. The summed E-state index contributed by atoms with van der Waals surface area (Å²) in [6, 6.07) is 8.64. The molecule has 0 spiro atoms. The number of methoxy groups -OCH3 is 1. The maximum absolute atomic E-state index is 12.4. The number of carbonyl (C=O) groups excluding carboxylic acids is 1. The fourth-order valence-corrected chi connectivity index (χ4v) is 3.28. The molecule has 1 aromatic heterocycles. The second-order valence-corrected chi connectivity index (χ2v) is 6.03. The Balaban J connectivity index is 2.34. The van der Waals surface area contributed by atoms with Crippen LogP contribution in [0.4, 0.5) is 0 Å². The smallest absolute Gasteiger partial charge is 0.339 e. The quantitative estimate of drug-likeness (QED) is 0.855. The van der Waals surface area contributed by atoms with Crippen molar-refractivity contribution in [2.75, 3.05) is 7.11 Å². The summed E-state index contributed by atoms with van der Waals surface area (Å²) in [5.74, 6) is -0.226. The van der Waals surface area contributed by atoms with Gasteiger partial charge in [-0.05, 0) is 31.2 Å². The maximum Gasteiger partial charge on any atom is 0.339 e. The van der Waals surface area contributed by atoms with Crippen LogP contribution in [0, 0.1) is 0 Å². The third-order valence-electron chi connectivity index (χ3n) is 2.88. The first kappa shape index (κ1) is 15.3. The second kappa shape index (κ2) is 6.11. The number of hydrogen-bond acceptors (Lipinski definition) is 5. The Morgan fingerprint density at radius 2 is 1.95 bits per heavy atom. The molecule has 0 aliphatic carbocycles. The van der Waals surface area contributed by atoms with E-state index in [1.54, 1.807) is 31.2 Å². The number of sulfonamides is 1. The number of furan rings is 1. The van der Waals surface area contributed by atoms with Crippen LogP contribution in [0.25, 0.3) is 0 Å². The Kier molecular flexibility index (Phi) is 4.44. The zero-order valence-electron chi connectivity index (χ0n) is 11.6. The van der Waals surface area contributed by atoms with Crippen molar-refractivity contribution in [3.05, 3.63) is 54.0 Å². The van der Waals surface area contributed by atoms with Crippen molar-refractivity contribution in [2.24, 2.45) is 0 Å². The zero-order chi connectivity index (χ0) is 15.5. The molecule has 0 unspecified atom stereocenters. The minimum atomic E-state index is -3.88. The number of nitrogens with one attached hydrogen (secondary N) is 1. The number of hydrogen-bond donors (Lipinski definition) is 1. The predicted octanol–water partition coefficient (Wildman–Crippen LogP) is 2.11. The molecule has 1 heterocycles. The molecular formula is C14H15NO5S. The molecule has 0 bridgehead atoms. The Hall–Kier alpha value is -2.12. The highest BCUT2D eigenvalue weighted by Crippen LogP contribution is 2.20. The SMILES string of the molecule is COC(=O)c1ccccc1S(=O)(=O)N[C@H](C)c1ccco1. The largest absolute Gasteiger partial charge is 0.468 e. The average Bonchev–Trinajstić information content (AvgIpc) is 3.00. The first-order valence-corrected chi connectivity index (χ1v) is 7.67. The van der Waals surface area contributed by atoms with E-state index in [9.17, 15) is 13.2 Å². The van der Waals surface area contributed by atoms with E-state index in [-0.39, 0.29) is 10.5 Å². The molecular weight excluding hydrogens is 294 g/mol. The summed E-state index contributed by atoms with van der Waals surface area (Å²) in [4.78, 5) is 11.5. The van der Waals surface area contributed by atoms with Crippen molar-refractivity contribution in [3.63, 3.8) is 0 Å². The monoisotopic (exact) mass is 309 g/mol. The molecule has 0 radical (unpaired) electrons. The molecule has 1 aromatic carbocycles. The van der Waals surface area contributed by atoms with Gasteiger partial charge in [0.15, 0.2) is 0 Å². The Morgan fingerprint density at radius 1 is 1.24 bits per heavy atom. The van der Waals surface area contributed by atoms with E-state index in [2.05, 4.69) is 9.46 Å². The minimum absolute atomic E-state index is 0.0147. The average molecular weight is 309 g/mol. The molecule has 7 heteroatoms. The van der Waals surface area contributed by atoms with Gasteiger partial charge in [0, 0.05) is 0 Å². The van der Waals surface area contributed by atoms with Crippen LogP contribution in [0.5, 0.6) is 0 Å². The standard InChI is InChI=1S/C14H15NO5S/c1-10(12-7-5-9-20-12)15-21(17,18)13-8-4-3-6-11(13)14(16)19-2/h3-10,15H,1-2H3/t10-/m1/s1. The zero-order valence-corrected chi connectivity index (χ0v) is 12.4. The Labute approximate surface area is 122 Å².